The summed E-state index contributed by atoms with van der Waals surface area (Å²) in [6, 6.07) is 6.61. The molecular formula is C18H28N2O. The summed E-state index contributed by atoms with van der Waals surface area (Å²) >= 11 is 0. The molecule has 0 spiro atoms. The van der Waals surface area contributed by atoms with Crippen molar-refractivity contribution in [3.63, 3.8) is 0 Å². The summed E-state index contributed by atoms with van der Waals surface area (Å²) in [5.74, 6) is 1.05. The molecule has 0 aliphatic carbocycles. The molecule has 21 heavy (non-hydrogen) atoms. The molecule has 3 heteroatoms. The zero-order chi connectivity index (χ0) is 14.7. The van der Waals surface area contributed by atoms with E-state index in [2.05, 4.69) is 42.3 Å². The highest BCUT2D eigenvalue weighted by Crippen LogP contribution is 2.31. The van der Waals surface area contributed by atoms with Crippen LogP contribution in [0, 0.1) is 5.41 Å². The Bertz CT molecular complexity index is 488. The summed E-state index contributed by atoms with van der Waals surface area (Å²) in [6.45, 7) is 11.1. The maximum atomic E-state index is 6.16. The molecule has 1 saturated heterocycles. The summed E-state index contributed by atoms with van der Waals surface area (Å²) in [5.41, 5.74) is 3.18. The van der Waals surface area contributed by atoms with Gasteiger partial charge in [-0.25, -0.2) is 0 Å². The molecule has 0 saturated carbocycles. The fraction of sp³-hybridized carbons (Fsp3) is 0.667. The minimum atomic E-state index is 0.297. The quantitative estimate of drug-likeness (QED) is 0.922. The second kappa shape index (κ2) is 6.37. The van der Waals surface area contributed by atoms with Crippen LogP contribution in [0.1, 0.15) is 37.8 Å². The number of rotatable bonds is 4. The molecule has 2 aliphatic heterocycles. The Balaban J connectivity index is 1.61. The number of benzene rings is 1. The van der Waals surface area contributed by atoms with Crippen molar-refractivity contribution in [1.82, 2.24) is 10.2 Å². The monoisotopic (exact) mass is 288 g/mol. The van der Waals surface area contributed by atoms with Crippen LogP contribution < -0.4 is 10.1 Å². The standard InChI is InChI=1S/C18H28N2O/c1-3-20-10-4-8-18(2,13-20)14-21-17-6-5-16-12-19-9-7-15(16)11-17/h5-6,11,19H,3-4,7-10,12-14H2,1-2H3. The first-order chi connectivity index (χ1) is 10.2. The van der Waals surface area contributed by atoms with Gasteiger partial charge < -0.3 is 15.0 Å². The number of fused-ring (bicyclic) bond motifs is 1. The van der Waals surface area contributed by atoms with E-state index in [0.717, 1.165) is 38.4 Å². The van der Waals surface area contributed by atoms with Crippen LogP contribution in [-0.4, -0.2) is 37.7 Å². The van der Waals surface area contributed by atoms with Crippen molar-refractivity contribution in [3.8, 4) is 5.75 Å². The smallest absolute Gasteiger partial charge is 0.119 e. The Morgan fingerprint density at radius 1 is 1.33 bits per heavy atom. The first-order valence-electron chi connectivity index (χ1n) is 8.36. The predicted octanol–water partition coefficient (Wildman–Crippen LogP) is 2.83. The van der Waals surface area contributed by atoms with Crippen LogP contribution in [0.25, 0.3) is 0 Å². The van der Waals surface area contributed by atoms with E-state index in [1.807, 2.05) is 0 Å². The third-order valence-electron chi connectivity index (χ3n) is 4.96. The van der Waals surface area contributed by atoms with E-state index in [1.165, 1.54) is 37.1 Å². The number of piperidine rings is 1. The second-order valence-electron chi connectivity index (χ2n) is 6.93. The molecule has 1 fully saturated rings. The van der Waals surface area contributed by atoms with E-state index in [-0.39, 0.29) is 0 Å². The molecule has 1 N–H and O–H groups in total. The first-order valence-corrected chi connectivity index (χ1v) is 8.36. The minimum Gasteiger partial charge on any atom is -0.493 e. The van der Waals surface area contributed by atoms with Crippen molar-refractivity contribution in [2.24, 2.45) is 5.41 Å². The van der Waals surface area contributed by atoms with Crippen LogP contribution in [-0.2, 0) is 13.0 Å². The summed E-state index contributed by atoms with van der Waals surface area (Å²) < 4.78 is 6.16. The average Bonchev–Trinajstić information content (AvgIpc) is 2.53. The third-order valence-corrected chi connectivity index (χ3v) is 4.96. The number of ether oxygens (including phenoxy) is 1. The Kier molecular flexibility index (Phi) is 4.51. The molecule has 0 bridgehead atoms. The second-order valence-corrected chi connectivity index (χ2v) is 6.93. The van der Waals surface area contributed by atoms with E-state index in [1.54, 1.807) is 0 Å². The van der Waals surface area contributed by atoms with E-state index >= 15 is 0 Å². The number of hydrogen-bond acceptors (Lipinski definition) is 3. The lowest BCUT2D eigenvalue weighted by atomic mass is 9.82. The number of likely N-dealkylation sites (tertiary alicyclic amines) is 1. The van der Waals surface area contributed by atoms with E-state index < -0.39 is 0 Å². The van der Waals surface area contributed by atoms with Crippen molar-refractivity contribution in [1.29, 1.82) is 0 Å². The van der Waals surface area contributed by atoms with Gasteiger partial charge in [0.25, 0.3) is 0 Å². The SMILES string of the molecule is CCN1CCCC(C)(COc2ccc3c(c2)CCNC3)C1. The van der Waals surface area contributed by atoms with Gasteiger partial charge in [-0.05, 0) is 62.2 Å². The van der Waals surface area contributed by atoms with Gasteiger partial charge in [-0.1, -0.05) is 19.9 Å². The molecule has 116 valence electrons. The highest BCUT2D eigenvalue weighted by atomic mass is 16.5. The summed E-state index contributed by atoms with van der Waals surface area (Å²) in [7, 11) is 0. The molecule has 1 atom stereocenters. The van der Waals surface area contributed by atoms with E-state index in [4.69, 9.17) is 4.74 Å². The molecular weight excluding hydrogens is 260 g/mol. The molecule has 0 aromatic heterocycles. The molecule has 0 radical (unpaired) electrons. The van der Waals surface area contributed by atoms with Crippen molar-refractivity contribution >= 4 is 0 Å². The maximum Gasteiger partial charge on any atom is 0.119 e. The van der Waals surface area contributed by atoms with Gasteiger partial charge in [-0.2, -0.15) is 0 Å². The van der Waals surface area contributed by atoms with Gasteiger partial charge in [-0.15, -0.1) is 0 Å². The Hall–Kier alpha value is -1.06. The lowest BCUT2D eigenvalue weighted by Gasteiger charge is -2.39. The summed E-state index contributed by atoms with van der Waals surface area (Å²) in [6.07, 6.45) is 3.69. The maximum absolute atomic E-state index is 6.16. The van der Waals surface area contributed by atoms with Gasteiger partial charge in [0, 0.05) is 18.5 Å². The Morgan fingerprint density at radius 2 is 2.24 bits per heavy atom. The minimum absolute atomic E-state index is 0.297. The van der Waals surface area contributed by atoms with Gasteiger partial charge in [0.15, 0.2) is 0 Å². The number of hydrogen-bond donors (Lipinski definition) is 1. The molecule has 1 aromatic carbocycles. The summed E-state index contributed by atoms with van der Waals surface area (Å²) in [4.78, 5) is 2.55. The van der Waals surface area contributed by atoms with Gasteiger partial charge in [0.05, 0.1) is 6.61 Å². The van der Waals surface area contributed by atoms with Crippen LogP contribution in [0.3, 0.4) is 0 Å². The molecule has 3 nitrogen and oxygen atoms in total. The van der Waals surface area contributed by atoms with Gasteiger partial charge in [-0.3, -0.25) is 0 Å². The highest BCUT2D eigenvalue weighted by Gasteiger charge is 2.31. The predicted molar refractivity (Wildman–Crippen MR) is 86.8 cm³/mol. The van der Waals surface area contributed by atoms with Gasteiger partial charge in [0.1, 0.15) is 5.75 Å². The van der Waals surface area contributed by atoms with Crippen molar-refractivity contribution in [2.45, 2.75) is 39.7 Å². The molecule has 0 amide bonds. The van der Waals surface area contributed by atoms with Gasteiger partial charge in [0.2, 0.25) is 0 Å². The first kappa shape index (κ1) is 14.9. The average molecular weight is 288 g/mol. The number of nitrogens with one attached hydrogen (secondary N) is 1. The Morgan fingerprint density at radius 3 is 3.10 bits per heavy atom. The zero-order valence-corrected chi connectivity index (χ0v) is 13.5. The fourth-order valence-electron chi connectivity index (χ4n) is 3.62. The fourth-order valence-corrected chi connectivity index (χ4v) is 3.62. The molecule has 1 aromatic rings. The highest BCUT2D eigenvalue weighted by molar-refractivity contribution is 5.37. The lowest BCUT2D eigenvalue weighted by Crippen LogP contribution is -2.44. The van der Waals surface area contributed by atoms with Crippen LogP contribution in [0.5, 0.6) is 5.75 Å². The lowest BCUT2D eigenvalue weighted by molar-refractivity contribution is 0.0592. The van der Waals surface area contributed by atoms with Crippen LogP contribution in [0.15, 0.2) is 18.2 Å². The molecule has 1 unspecified atom stereocenters. The van der Waals surface area contributed by atoms with Crippen LogP contribution >= 0.6 is 0 Å². The summed E-state index contributed by atoms with van der Waals surface area (Å²) in [5, 5.41) is 3.42. The zero-order valence-electron chi connectivity index (χ0n) is 13.5. The third kappa shape index (κ3) is 3.58. The molecule has 3 rings (SSSR count). The topological polar surface area (TPSA) is 24.5 Å². The molecule has 2 heterocycles. The van der Waals surface area contributed by atoms with Crippen molar-refractivity contribution in [2.75, 3.05) is 32.8 Å². The van der Waals surface area contributed by atoms with Crippen molar-refractivity contribution < 1.29 is 4.74 Å². The largest absolute Gasteiger partial charge is 0.493 e. The van der Waals surface area contributed by atoms with Crippen LogP contribution in [0.4, 0.5) is 0 Å². The van der Waals surface area contributed by atoms with Crippen molar-refractivity contribution in [3.05, 3.63) is 29.3 Å². The number of nitrogens with zero attached hydrogens (tertiary/aromatic N) is 1. The molecule has 2 aliphatic rings. The van der Waals surface area contributed by atoms with Crippen LogP contribution in [0.2, 0.25) is 0 Å². The van der Waals surface area contributed by atoms with E-state index in [9.17, 15) is 0 Å². The van der Waals surface area contributed by atoms with E-state index in [0.29, 0.717) is 5.41 Å². The Labute approximate surface area is 128 Å². The van der Waals surface area contributed by atoms with Gasteiger partial charge >= 0.3 is 0 Å². The normalized spacial score (nSPS) is 26.4.